The smallest absolute Gasteiger partial charge is 0 e. The van der Waals surface area contributed by atoms with Crippen molar-refractivity contribution in [1.82, 2.24) is 10.6 Å². The van der Waals surface area contributed by atoms with E-state index >= 15 is 0 Å². The maximum Gasteiger partial charge on any atom is 0 e. The third-order valence-electron chi connectivity index (χ3n) is 6.40. The Labute approximate surface area is 417 Å². The maximum absolute atomic E-state index is 11.8. The summed E-state index contributed by atoms with van der Waals surface area (Å²) in [5, 5.41) is 28.1. The van der Waals surface area contributed by atoms with Crippen molar-refractivity contribution >= 4 is 53.5 Å². The van der Waals surface area contributed by atoms with E-state index in [1.54, 1.807) is 46.5 Å². The molecule has 2 aromatic rings. The second-order valence-electron chi connectivity index (χ2n) is 10.9. The topological polar surface area (TPSA) is 255 Å². The minimum atomic E-state index is -2.61. The molecule has 0 bridgehead atoms. The summed E-state index contributed by atoms with van der Waals surface area (Å²) >= 11 is 0.125. The van der Waals surface area contributed by atoms with Gasteiger partial charge in [-0.2, -0.15) is 0 Å². The molecule has 22 heteroatoms. The predicted molar refractivity (Wildman–Crippen MR) is 232 cm³/mol. The number of hydrogen-bond acceptors (Lipinski definition) is 13. The summed E-state index contributed by atoms with van der Waals surface area (Å²) in [7, 11) is -0.387. The van der Waals surface area contributed by atoms with Crippen LogP contribution in [0, 0.1) is 0 Å². The Morgan fingerprint density at radius 2 is 0.887 bits per heavy atom. The van der Waals surface area contributed by atoms with Gasteiger partial charge in [0.2, 0.25) is 11.8 Å². The van der Waals surface area contributed by atoms with E-state index in [2.05, 4.69) is 10.6 Å². The van der Waals surface area contributed by atoms with Crippen LogP contribution in [0.15, 0.2) is 72.8 Å². The van der Waals surface area contributed by atoms with Crippen LogP contribution >= 0.6 is 0 Å². The molecule has 6 N–H and O–H groups in total. The summed E-state index contributed by atoms with van der Waals surface area (Å²) in [5.41, 5.74) is 2.00. The number of carbonyl (C=O) groups excluding carboxylic acids is 2. The fraction of sp³-hybridized carbons (Fsp3) is 0.500. The monoisotopic (exact) mass is 1030 g/mol. The van der Waals surface area contributed by atoms with E-state index in [1.807, 2.05) is 81.4 Å². The van der Waals surface area contributed by atoms with E-state index in [9.17, 15) is 9.59 Å². The van der Waals surface area contributed by atoms with E-state index < -0.39 is 29.5 Å². The Balaban J connectivity index is -0.000000117. The molecule has 344 valence electrons. The molecule has 0 aliphatic carbocycles. The van der Waals surface area contributed by atoms with Gasteiger partial charge in [-0.15, -0.1) is 0 Å². The average molecular weight is 1030 g/mol. The maximum atomic E-state index is 11.8. The number of carboxylic acids is 2. The molecule has 0 aromatic heterocycles. The van der Waals surface area contributed by atoms with Gasteiger partial charge in [0.25, 0.3) is 11.9 Å². The summed E-state index contributed by atoms with van der Waals surface area (Å²) < 4.78 is 41.7. The van der Waals surface area contributed by atoms with Crippen LogP contribution in [-0.4, -0.2) is 123 Å². The van der Waals surface area contributed by atoms with Gasteiger partial charge in [-0.3, -0.25) is 19.2 Å². The molecule has 2 amide bonds. The van der Waals surface area contributed by atoms with Gasteiger partial charge >= 0.3 is 69.0 Å². The van der Waals surface area contributed by atoms with Crippen molar-refractivity contribution in [2.24, 2.45) is 0 Å². The fourth-order valence-corrected chi connectivity index (χ4v) is 8.51. The first-order valence-corrected chi connectivity index (χ1v) is 23.6. The minimum Gasteiger partial charge on any atom is 0 e. The molecule has 0 radical (unpaired) electrons. The SMILES string of the molecule is C.CC(=O)O.CC(=O)O.CCO.CCO[Si](CCCNC(=O)/C=C/c1ccccc1)(OCC)OCC.CO[Si](CCCNC(=O)/C=C/c1ccccc1)(OC)OC.[Na+].[OH-].[O]=[Zn].[Zn]. The van der Waals surface area contributed by atoms with Gasteiger partial charge in [0, 0.05) is 118 Å². The minimum absolute atomic E-state index is 0. The first-order chi connectivity index (χ1) is 27.7. The van der Waals surface area contributed by atoms with Crippen LogP contribution in [0.3, 0.4) is 0 Å². The van der Waals surface area contributed by atoms with Gasteiger partial charge in [-0.05, 0) is 63.8 Å². The average Bonchev–Trinajstić information content (AvgIpc) is 3.20. The van der Waals surface area contributed by atoms with Crippen LogP contribution in [0.25, 0.3) is 12.2 Å². The first-order valence-electron chi connectivity index (χ1n) is 18.6. The van der Waals surface area contributed by atoms with Crippen molar-refractivity contribution < 1.29 is 137 Å². The Morgan fingerprint density at radius 3 is 1.13 bits per heavy atom. The molecule has 0 aliphatic rings. The molecule has 0 fully saturated rings. The van der Waals surface area contributed by atoms with Crippen molar-refractivity contribution in [2.75, 3.05) is 60.8 Å². The van der Waals surface area contributed by atoms with Gasteiger partial charge in [0.05, 0.1) is 0 Å². The Morgan fingerprint density at radius 1 is 0.629 bits per heavy atom. The van der Waals surface area contributed by atoms with Gasteiger partial charge in [0.15, 0.2) is 0 Å². The normalized spacial score (nSPS) is 9.74. The van der Waals surface area contributed by atoms with E-state index in [0.717, 1.165) is 37.8 Å². The third kappa shape index (κ3) is 50.6. The molecule has 0 aliphatic heterocycles. The molecule has 0 saturated heterocycles. The summed E-state index contributed by atoms with van der Waals surface area (Å²) in [5.74, 6) is -1.88. The molecule has 0 heterocycles. The Hall–Kier alpha value is -2.04. The molecule has 2 aromatic carbocycles. The molecule has 17 nitrogen and oxygen atoms in total. The predicted octanol–water partition coefficient (Wildman–Crippen LogP) is 2.86. The van der Waals surface area contributed by atoms with Gasteiger partial charge < -0.3 is 58.0 Å². The number of carboxylic acid groups (broad SMARTS) is 2. The summed E-state index contributed by atoms with van der Waals surface area (Å²) in [6.45, 7) is 12.7. The zero-order valence-electron chi connectivity index (χ0n) is 37.8. The number of aliphatic carboxylic acids is 2. The quantitative estimate of drug-likeness (QED) is 0.0685. The van der Waals surface area contributed by atoms with E-state index in [4.69, 9.17) is 55.0 Å². The van der Waals surface area contributed by atoms with Crippen molar-refractivity contribution in [3.05, 3.63) is 83.9 Å². The molecule has 0 spiro atoms. The fourth-order valence-electron chi connectivity index (χ4n) is 4.18. The Kier molecular flexibility index (Phi) is 68.6. The second-order valence-corrected chi connectivity index (χ2v) is 16.7. The van der Waals surface area contributed by atoms with Gasteiger partial charge in [0.1, 0.15) is 0 Å². The second kappa shape index (κ2) is 55.1. The van der Waals surface area contributed by atoms with Crippen LogP contribution in [0.1, 0.15) is 72.9 Å². The van der Waals surface area contributed by atoms with Crippen molar-refractivity contribution in [2.45, 2.75) is 73.9 Å². The van der Waals surface area contributed by atoms with Gasteiger partial charge in [-0.25, -0.2) is 0 Å². The first kappa shape index (κ1) is 77.2. The van der Waals surface area contributed by atoms with Crippen LogP contribution in [0.5, 0.6) is 0 Å². The van der Waals surface area contributed by atoms with E-state index in [0.29, 0.717) is 45.0 Å². The summed E-state index contributed by atoms with van der Waals surface area (Å²) in [6.07, 6.45) is 8.17. The number of rotatable bonds is 21. The molecular weight excluding hydrogens is 958 g/mol. The molecule has 62 heavy (non-hydrogen) atoms. The summed E-state index contributed by atoms with van der Waals surface area (Å²) in [6, 6.07) is 20.8. The van der Waals surface area contributed by atoms with Crippen molar-refractivity contribution in [3.63, 3.8) is 0 Å². The largest absolute Gasteiger partial charge is 0 e. The molecule has 0 saturated carbocycles. The van der Waals surface area contributed by atoms with Crippen molar-refractivity contribution in [3.8, 4) is 0 Å². The number of aliphatic hydroxyl groups excluding tert-OH is 1. The van der Waals surface area contributed by atoms with E-state index in [-0.39, 0.29) is 98.6 Å². The third-order valence-corrected chi connectivity index (χ3v) is 12.4. The standard InChI is InChI=1S/C18H29NO4Si.C15H23NO4Si.2C2H4O2.C2H6O.CH4.Na.H2O.O.2Zn/c1-4-21-24(22-5-2,23-6-3)16-10-15-19-18(20)14-13-17-11-8-7-9-12-17;1-18-21(19-2,20-3)13-7-12-16-15(17)11-10-14-8-5-4-6-9-14;2*1-2(3)4;1-2-3;;;;;;/h7-9,11-14H,4-6,10,15-16H2,1-3H3,(H,19,20);4-6,8-11H,7,12-13H2,1-3H3,(H,16,17);2*1H3,(H,3,4);3H,2H2,1H3;1H4;;1H2;;;/q;;;;;;+1;;;;/p-1/b14-13+;11-10+;;;;;;;;;. The molecule has 2 rings (SSSR count). The van der Waals surface area contributed by atoms with Crippen LogP contribution in [0.4, 0.5) is 0 Å². The van der Waals surface area contributed by atoms with Crippen LogP contribution in [0.2, 0.25) is 12.1 Å². The number of aliphatic hydroxyl groups is 1. The Bertz CT molecular complexity index is 1330. The van der Waals surface area contributed by atoms with Gasteiger partial charge in [-0.1, -0.05) is 68.1 Å². The number of hydrogen-bond donors (Lipinski definition) is 5. The summed E-state index contributed by atoms with van der Waals surface area (Å²) in [4.78, 5) is 41.5. The number of carbonyl (C=O) groups is 4. The molecule has 0 atom stereocenters. The van der Waals surface area contributed by atoms with Crippen molar-refractivity contribution in [1.29, 1.82) is 0 Å². The van der Waals surface area contributed by atoms with Crippen LogP contribution < -0.4 is 40.2 Å². The molecular formula is C40H71N2NaO15Si2Zn2. The molecule has 0 unspecified atom stereocenters. The number of benzene rings is 2. The number of amides is 2. The zero-order chi connectivity index (χ0) is 45.1. The van der Waals surface area contributed by atoms with Crippen LogP contribution in [-0.2, 0) is 87.0 Å². The zero-order valence-corrected chi connectivity index (χ0v) is 47.8. The van der Waals surface area contributed by atoms with E-state index in [1.165, 1.54) is 6.08 Å². The number of nitrogens with one attached hydrogen (secondary N) is 2.